The average Bonchev–Trinajstić information content (AvgIpc) is 2.93. The fourth-order valence-corrected chi connectivity index (χ4v) is 5.13. The van der Waals surface area contributed by atoms with E-state index >= 15 is 0 Å². The predicted octanol–water partition coefficient (Wildman–Crippen LogP) is 5.38. The highest BCUT2D eigenvalue weighted by Crippen LogP contribution is 2.27. The van der Waals surface area contributed by atoms with Gasteiger partial charge in [0.1, 0.15) is 11.5 Å². The molecular formula is C30H44Br2Cl2N4O4. The molecule has 2 aromatic rings. The van der Waals surface area contributed by atoms with Gasteiger partial charge in [-0.25, -0.2) is 0 Å². The van der Waals surface area contributed by atoms with Crippen molar-refractivity contribution in [1.29, 1.82) is 0 Å². The first kappa shape index (κ1) is 38.5. The van der Waals surface area contributed by atoms with Gasteiger partial charge in [-0.1, -0.05) is 31.9 Å². The second kappa shape index (κ2) is 19.7. The summed E-state index contributed by atoms with van der Waals surface area (Å²) in [6.07, 6.45) is 1.82. The summed E-state index contributed by atoms with van der Waals surface area (Å²) >= 11 is 7.09. The van der Waals surface area contributed by atoms with Crippen molar-refractivity contribution >= 4 is 68.5 Å². The van der Waals surface area contributed by atoms with Gasteiger partial charge in [-0.3, -0.25) is 9.59 Å². The van der Waals surface area contributed by atoms with E-state index in [2.05, 4.69) is 52.3 Å². The maximum atomic E-state index is 12.2. The number of piperazine rings is 1. The zero-order valence-corrected chi connectivity index (χ0v) is 29.7. The summed E-state index contributed by atoms with van der Waals surface area (Å²) in [5, 5.41) is 5.91. The Hall–Kier alpha value is -1.56. The third-order valence-electron chi connectivity index (χ3n) is 6.97. The van der Waals surface area contributed by atoms with E-state index in [1.165, 1.54) is 0 Å². The molecule has 1 heterocycles. The third kappa shape index (κ3) is 13.0. The number of hydrogen-bond donors (Lipinski definition) is 2. The summed E-state index contributed by atoms with van der Waals surface area (Å²) in [6, 6.07) is 7.73. The molecule has 2 amide bonds. The van der Waals surface area contributed by atoms with Crippen LogP contribution in [0.25, 0.3) is 0 Å². The number of benzene rings is 2. The van der Waals surface area contributed by atoms with Crippen molar-refractivity contribution in [3.05, 3.63) is 55.5 Å². The van der Waals surface area contributed by atoms with Crippen molar-refractivity contribution in [2.24, 2.45) is 0 Å². The van der Waals surface area contributed by atoms with Crippen molar-refractivity contribution in [3.63, 3.8) is 0 Å². The lowest BCUT2D eigenvalue weighted by Crippen LogP contribution is -2.47. The molecule has 42 heavy (non-hydrogen) atoms. The molecule has 236 valence electrons. The zero-order chi connectivity index (χ0) is 29.1. The highest BCUT2D eigenvalue weighted by Gasteiger charge is 2.16. The van der Waals surface area contributed by atoms with Crippen molar-refractivity contribution in [3.8, 4) is 11.5 Å². The van der Waals surface area contributed by atoms with Gasteiger partial charge >= 0.3 is 0 Å². The Morgan fingerprint density at radius 2 is 0.976 bits per heavy atom. The monoisotopic (exact) mass is 752 g/mol. The summed E-state index contributed by atoms with van der Waals surface area (Å²) < 4.78 is 13.5. The van der Waals surface area contributed by atoms with Gasteiger partial charge in [-0.05, 0) is 100 Å². The standard InChI is InChI=1S/C30H42Br2N4O4.2ClH/c1-21-15-25(16-22(2)29(21)31)39-19-27(37)33-7-5-9-35-11-13-36(14-12-35)10-6-8-34-28(38)20-40-26-17-23(3)30(32)24(4)18-26;;/h15-18H,5-14,19-20H2,1-4H3,(H,33,37)(H,34,38);2*1H. The second-order valence-corrected chi connectivity index (χ2v) is 12.0. The number of carbonyl (C=O) groups excluding carboxylic acids is 2. The SMILES string of the molecule is Cc1cc(OCC(=O)NCCCN2CCN(CCCNC(=O)COc3cc(C)c(Br)c(C)c3)CC2)cc(C)c1Br.Cl.Cl. The van der Waals surface area contributed by atoms with Crippen molar-refractivity contribution in [2.45, 2.75) is 40.5 Å². The molecule has 0 radical (unpaired) electrons. The summed E-state index contributed by atoms with van der Waals surface area (Å²) in [6.45, 7) is 15.4. The van der Waals surface area contributed by atoms with Gasteiger partial charge in [0.25, 0.3) is 11.8 Å². The Morgan fingerprint density at radius 3 is 1.29 bits per heavy atom. The number of carbonyl (C=O) groups is 2. The van der Waals surface area contributed by atoms with Crippen molar-refractivity contribution in [1.82, 2.24) is 20.4 Å². The molecule has 1 aliphatic heterocycles. The van der Waals surface area contributed by atoms with E-state index in [1.807, 2.05) is 52.0 Å². The normalized spacial score (nSPS) is 13.5. The molecule has 0 spiro atoms. The molecule has 1 fully saturated rings. The Bertz CT molecular complexity index is 1030. The largest absolute Gasteiger partial charge is 0.484 e. The molecule has 2 N–H and O–H groups in total. The number of nitrogens with zero attached hydrogens (tertiary/aromatic N) is 2. The van der Waals surface area contributed by atoms with Gasteiger partial charge in [0.2, 0.25) is 0 Å². The number of aryl methyl sites for hydroxylation is 4. The average molecular weight is 755 g/mol. The van der Waals surface area contributed by atoms with Crippen molar-refractivity contribution < 1.29 is 19.1 Å². The molecule has 0 bridgehead atoms. The fourth-order valence-electron chi connectivity index (χ4n) is 4.68. The molecule has 1 saturated heterocycles. The number of rotatable bonds is 14. The minimum atomic E-state index is -0.0970. The van der Waals surface area contributed by atoms with E-state index in [9.17, 15) is 9.59 Å². The van der Waals surface area contributed by atoms with E-state index in [0.29, 0.717) is 24.6 Å². The fraction of sp³-hybridized carbons (Fsp3) is 0.533. The lowest BCUT2D eigenvalue weighted by Gasteiger charge is -2.34. The Balaban J connectivity index is 0.00000441. The van der Waals surface area contributed by atoms with Crippen LogP contribution in [-0.2, 0) is 9.59 Å². The highest BCUT2D eigenvalue weighted by molar-refractivity contribution is 9.10. The van der Waals surface area contributed by atoms with E-state index in [4.69, 9.17) is 9.47 Å². The predicted molar refractivity (Wildman–Crippen MR) is 181 cm³/mol. The van der Waals surface area contributed by atoms with E-state index in [1.54, 1.807) is 0 Å². The molecule has 0 atom stereocenters. The lowest BCUT2D eigenvalue weighted by atomic mass is 10.1. The molecule has 1 aliphatic rings. The second-order valence-electron chi connectivity index (χ2n) is 10.4. The topological polar surface area (TPSA) is 83.1 Å². The van der Waals surface area contributed by atoms with Crippen LogP contribution in [0.1, 0.15) is 35.1 Å². The molecule has 12 heteroatoms. The molecular weight excluding hydrogens is 711 g/mol. The van der Waals surface area contributed by atoms with Crippen LogP contribution >= 0.6 is 56.7 Å². The first-order valence-corrected chi connectivity index (χ1v) is 15.5. The summed E-state index contributed by atoms with van der Waals surface area (Å²) in [7, 11) is 0. The smallest absolute Gasteiger partial charge is 0.257 e. The van der Waals surface area contributed by atoms with Crippen LogP contribution in [0.2, 0.25) is 0 Å². The summed E-state index contributed by atoms with van der Waals surface area (Å²) in [5.74, 6) is 1.23. The number of halogens is 4. The zero-order valence-electron chi connectivity index (χ0n) is 24.9. The number of amides is 2. The van der Waals surface area contributed by atoms with E-state index in [-0.39, 0.29) is 49.8 Å². The van der Waals surface area contributed by atoms with E-state index < -0.39 is 0 Å². The first-order valence-electron chi connectivity index (χ1n) is 13.9. The Kier molecular flexibility index (Phi) is 18.0. The first-order chi connectivity index (χ1) is 19.1. The van der Waals surface area contributed by atoms with Gasteiger partial charge in [-0.2, -0.15) is 0 Å². The van der Waals surface area contributed by atoms with Crippen LogP contribution in [0, 0.1) is 27.7 Å². The molecule has 0 aliphatic carbocycles. The van der Waals surface area contributed by atoms with E-state index in [0.717, 1.165) is 83.3 Å². The molecule has 2 aromatic carbocycles. The Morgan fingerprint density at radius 1 is 0.667 bits per heavy atom. The quantitative estimate of drug-likeness (QED) is 0.253. The van der Waals surface area contributed by atoms with Gasteiger partial charge in [0.15, 0.2) is 13.2 Å². The number of nitrogens with one attached hydrogen (secondary N) is 2. The molecule has 8 nitrogen and oxygen atoms in total. The summed E-state index contributed by atoms with van der Waals surface area (Å²) in [5.41, 5.74) is 4.35. The van der Waals surface area contributed by atoms with Gasteiger partial charge in [-0.15, -0.1) is 24.8 Å². The van der Waals surface area contributed by atoms with Gasteiger partial charge < -0.3 is 29.9 Å². The summed E-state index contributed by atoms with van der Waals surface area (Å²) in [4.78, 5) is 29.2. The molecule has 3 rings (SSSR count). The molecule has 0 aromatic heterocycles. The highest BCUT2D eigenvalue weighted by atomic mass is 79.9. The van der Waals surface area contributed by atoms with Gasteiger partial charge in [0, 0.05) is 48.2 Å². The van der Waals surface area contributed by atoms with Crippen LogP contribution in [-0.4, -0.2) is 87.2 Å². The molecule has 0 saturated carbocycles. The maximum absolute atomic E-state index is 12.2. The van der Waals surface area contributed by atoms with Crippen LogP contribution in [0.3, 0.4) is 0 Å². The minimum Gasteiger partial charge on any atom is -0.484 e. The number of ether oxygens (including phenoxy) is 2. The van der Waals surface area contributed by atoms with Crippen molar-refractivity contribution in [2.75, 3.05) is 65.6 Å². The maximum Gasteiger partial charge on any atom is 0.257 e. The molecule has 0 unspecified atom stereocenters. The minimum absolute atomic E-state index is 0. The Labute approximate surface area is 279 Å². The van der Waals surface area contributed by atoms with Crippen LogP contribution in [0.15, 0.2) is 33.2 Å². The number of hydrogen-bond acceptors (Lipinski definition) is 6. The van der Waals surface area contributed by atoms with Crippen LogP contribution in [0.4, 0.5) is 0 Å². The van der Waals surface area contributed by atoms with Gasteiger partial charge in [0.05, 0.1) is 0 Å². The lowest BCUT2D eigenvalue weighted by molar-refractivity contribution is -0.123. The van der Waals surface area contributed by atoms with Crippen LogP contribution < -0.4 is 20.1 Å². The third-order valence-corrected chi connectivity index (χ3v) is 9.47. The van der Waals surface area contributed by atoms with Crippen LogP contribution in [0.5, 0.6) is 11.5 Å².